The molecule has 0 bridgehead atoms. The number of rotatable bonds is 6. The van der Waals surface area contributed by atoms with E-state index >= 15 is 0 Å². The first kappa shape index (κ1) is 19.1. The number of guanidine groups is 1. The monoisotopic (exact) mass is 413 g/mol. The molecule has 0 aromatic carbocycles. The van der Waals surface area contributed by atoms with Crippen LogP contribution in [0.25, 0.3) is 0 Å². The molecule has 2 N–H and O–H groups in total. The molecule has 0 fully saturated rings. The Balaban J connectivity index is 0.00000324. The van der Waals surface area contributed by atoms with Crippen LogP contribution in [0.3, 0.4) is 0 Å². The van der Waals surface area contributed by atoms with Gasteiger partial charge < -0.3 is 10.6 Å². The van der Waals surface area contributed by atoms with Crippen LogP contribution in [-0.2, 0) is 6.42 Å². The highest BCUT2D eigenvalue weighted by atomic mass is 127. The molecule has 1 aromatic heterocycles. The minimum absolute atomic E-state index is 0. The SMILES string of the molecule is CN=C(NCCSC)NC(C)Cc1ccc(C)s1.I. The minimum Gasteiger partial charge on any atom is -0.356 e. The lowest BCUT2D eigenvalue weighted by Gasteiger charge is -2.17. The van der Waals surface area contributed by atoms with Crippen LogP contribution in [0, 0.1) is 6.92 Å². The number of thiophene rings is 1. The standard InChI is InChI=1S/C13H23N3S2.HI/c1-10(9-12-6-5-11(2)18-12)16-13(14-3)15-7-8-17-4;/h5-6,10H,7-9H2,1-4H3,(H2,14,15,16);1H. The Morgan fingerprint density at radius 3 is 2.74 bits per heavy atom. The van der Waals surface area contributed by atoms with Crippen LogP contribution >= 0.6 is 47.1 Å². The van der Waals surface area contributed by atoms with E-state index in [9.17, 15) is 0 Å². The van der Waals surface area contributed by atoms with Crippen molar-refractivity contribution in [1.82, 2.24) is 10.6 Å². The van der Waals surface area contributed by atoms with Gasteiger partial charge in [0, 0.05) is 41.6 Å². The zero-order valence-electron chi connectivity index (χ0n) is 12.0. The third-order valence-corrected chi connectivity index (χ3v) is 4.14. The second-order valence-electron chi connectivity index (χ2n) is 4.25. The van der Waals surface area contributed by atoms with Gasteiger partial charge in [-0.2, -0.15) is 11.8 Å². The Bertz CT molecular complexity index is 380. The number of halogens is 1. The van der Waals surface area contributed by atoms with Crippen molar-refractivity contribution >= 4 is 53.0 Å². The first-order valence-electron chi connectivity index (χ1n) is 6.17. The fraction of sp³-hybridized carbons (Fsp3) is 0.615. The molecule has 19 heavy (non-hydrogen) atoms. The van der Waals surface area contributed by atoms with Crippen molar-refractivity contribution in [1.29, 1.82) is 0 Å². The number of hydrogen-bond donors (Lipinski definition) is 2. The lowest BCUT2D eigenvalue weighted by atomic mass is 10.2. The topological polar surface area (TPSA) is 36.4 Å². The van der Waals surface area contributed by atoms with Crippen LogP contribution in [-0.4, -0.2) is 37.6 Å². The smallest absolute Gasteiger partial charge is 0.191 e. The zero-order chi connectivity index (χ0) is 13.4. The summed E-state index contributed by atoms with van der Waals surface area (Å²) in [4.78, 5) is 7.03. The van der Waals surface area contributed by atoms with Crippen molar-refractivity contribution in [3.05, 3.63) is 21.9 Å². The molecule has 0 aliphatic heterocycles. The molecule has 0 saturated carbocycles. The highest BCUT2D eigenvalue weighted by Gasteiger charge is 2.07. The summed E-state index contributed by atoms with van der Waals surface area (Å²) in [6.45, 7) is 5.29. The van der Waals surface area contributed by atoms with Crippen molar-refractivity contribution in [2.75, 3.05) is 25.6 Å². The van der Waals surface area contributed by atoms with Crippen LogP contribution in [0.4, 0.5) is 0 Å². The molecule has 110 valence electrons. The van der Waals surface area contributed by atoms with Crippen LogP contribution in [0.1, 0.15) is 16.7 Å². The molecular weight excluding hydrogens is 389 g/mol. The summed E-state index contributed by atoms with van der Waals surface area (Å²) < 4.78 is 0. The van der Waals surface area contributed by atoms with Gasteiger partial charge >= 0.3 is 0 Å². The number of aliphatic imine (C=N–C) groups is 1. The Morgan fingerprint density at radius 1 is 1.47 bits per heavy atom. The molecule has 0 aliphatic rings. The van der Waals surface area contributed by atoms with E-state index in [0.717, 1.165) is 24.7 Å². The summed E-state index contributed by atoms with van der Waals surface area (Å²) in [7, 11) is 1.82. The second-order valence-corrected chi connectivity index (χ2v) is 6.61. The average molecular weight is 413 g/mol. The first-order valence-corrected chi connectivity index (χ1v) is 8.38. The fourth-order valence-electron chi connectivity index (χ4n) is 1.65. The van der Waals surface area contributed by atoms with Gasteiger partial charge in [-0.05, 0) is 32.2 Å². The molecule has 3 nitrogen and oxygen atoms in total. The van der Waals surface area contributed by atoms with Crippen molar-refractivity contribution in [3.8, 4) is 0 Å². The predicted octanol–water partition coefficient (Wildman–Crippen LogP) is 3.13. The summed E-state index contributed by atoms with van der Waals surface area (Å²) in [5, 5.41) is 6.73. The van der Waals surface area contributed by atoms with Gasteiger partial charge in [0.05, 0.1) is 0 Å². The van der Waals surface area contributed by atoms with Gasteiger partial charge in [0.15, 0.2) is 5.96 Å². The summed E-state index contributed by atoms with van der Waals surface area (Å²) >= 11 is 3.70. The zero-order valence-corrected chi connectivity index (χ0v) is 16.0. The van der Waals surface area contributed by atoms with Crippen molar-refractivity contribution in [2.45, 2.75) is 26.3 Å². The molecule has 0 aliphatic carbocycles. The number of nitrogens with zero attached hydrogens (tertiary/aromatic N) is 1. The number of nitrogens with one attached hydrogen (secondary N) is 2. The largest absolute Gasteiger partial charge is 0.356 e. The maximum atomic E-state index is 4.24. The molecule has 1 rings (SSSR count). The molecule has 1 atom stereocenters. The normalized spacial score (nSPS) is 12.7. The van der Waals surface area contributed by atoms with Gasteiger partial charge in [-0.3, -0.25) is 4.99 Å². The highest BCUT2D eigenvalue weighted by molar-refractivity contribution is 14.0. The minimum atomic E-state index is 0. The molecule has 0 amide bonds. The van der Waals surface area contributed by atoms with Gasteiger partial charge in [0.2, 0.25) is 0 Å². The Hall–Kier alpha value is 0.0500. The lowest BCUT2D eigenvalue weighted by molar-refractivity contribution is 0.648. The maximum absolute atomic E-state index is 4.24. The molecule has 0 saturated heterocycles. The van der Waals surface area contributed by atoms with E-state index in [4.69, 9.17) is 0 Å². The van der Waals surface area contributed by atoms with Gasteiger partial charge in [-0.25, -0.2) is 0 Å². The van der Waals surface area contributed by atoms with Crippen molar-refractivity contribution < 1.29 is 0 Å². The molecule has 1 heterocycles. The van der Waals surface area contributed by atoms with E-state index in [2.05, 4.69) is 47.9 Å². The maximum Gasteiger partial charge on any atom is 0.191 e. The summed E-state index contributed by atoms with van der Waals surface area (Å²) in [6, 6.07) is 4.78. The van der Waals surface area contributed by atoms with E-state index in [1.165, 1.54) is 9.75 Å². The highest BCUT2D eigenvalue weighted by Crippen LogP contribution is 2.16. The average Bonchev–Trinajstić information content (AvgIpc) is 2.73. The lowest BCUT2D eigenvalue weighted by Crippen LogP contribution is -2.43. The number of thioether (sulfide) groups is 1. The molecule has 1 unspecified atom stereocenters. The summed E-state index contributed by atoms with van der Waals surface area (Å²) in [5.74, 6) is 1.99. The Kier molecular flexibility index (Phi) is 10.8. The van der Waals surface area contributed by atoms with E-state index in [1.54, 1.807) is 0 Å². The molecule has 0 spiro atoms. The van der Waals surface area contributed by atoms with Crippen molar-refractivity contribution in [2.24, 2.45) is 4.99 Å². The molecular formula is C13H24IN3S2. The number of hydrogen-bond acceptors (Lipinski definition) is 3. The van der Waals surface area contributed by atoms with Crippen molar-refractivity contribution in [3.63, 3.8) is 0 Å². The van der Waals surface area contributed by atoms with Gasteiger partial charge in [0.1, 0.15) is 0 Å². The van der Waals surface area contributed by atoms with Crippen LogP contribution < -0.4 is 10.6 Å². The third kappa shape index (κ3) is 8.04. The number of aryl methyl sites for hydroxylation is 1. The van der Waals surface area contributed by atoms with Crippen LogP contribution in [0.15, 0.2) is 17.1 Å². The molecule has 6 heteroatoms. The molecule has 0 radical (unpaired) electrons. The van der Waals surface area contributed by atoms with Crippen LogP contribution in [0.2, 0.25) is 0 Å². The van der Waals surface area contributed by atoms with Gasteiger partial charge in [0.25, 0.3) is 0 Å². The summed E-state index contributed by atoms with van der Waals surface area (Å²) in [6.07, 6.45) is 3.15. The predicted molar refractivity (Wildman–Crippen MR) is 101 cm³/mol. The van der Waals surface area contributed by atoms with E-state index < -0.39 is 0 Å². The fourth-order valence-corrected chi connectivity index (χ4v) is 2.97. The Labute approximate surface area is 142 Å². The van der Waals surface area contributed by atoms with E-state index in [0.29, 0.717) is 6.04 Å². The second kappa shape index (κ2) is 10.8. The Morgan fingerprint density at radius 2 is 2.21 bits per heavy atom. The van der Waals surface area contributed by atoms with E-state index in [-0.39, 0.29) is 24.0 Å². The van der Waals surface area contributed by atoms with Crippen LogP contribution in [0.5, 0.6) is 0 Å². The van der Waals surface area contributed by atoms with E-state index in [1.807, 2.05) is 30.1 Å². The van der Waals surface area contributed by atoms with Gasteiger partial charge in [-0.15, -0.1) is 35.3 Å². The molecule has 1 aromatic rings. The first-order chi connectivity index (χ1) is 8.65. The summed E-state index contributed by atoms with van der Waals surface area (Å²) in [5.41, 5.74) is 0. The van der Waals surface area contributed by atoms with Gasteiger partial charge in [-0.1, -0.05) is 0 Å². The quantitative estimate of drug-likeness (QED) is 0.326. The third-order valence-electron chi connectivity index (χ3n) is 2.51.